The van der Waals surface area contributed by atoms with Gasteiger partial charge in [-0.25, -0.2) is 9.67 Å². The number of hydrogen-bond donors (Lipinski definition) is 2. The largest absolute Gasteiger partial charge is 0.338 e. The van der Waals surface area contributed by atoms with Gasteiger partial charge in [0.25, 0.3) is 5.91 Å². The number of aryl methyl sites for hydroxylation is 1. The Bertz CT molecular complexity index is 1400. The second-order valence-electron chi connectivity index (χ2n) is 7.98. The van der Waals surface area contributed by atoms with E-state index in [0.29, 0.717) is 5.56 Å². The van der Waals surface area contributed by atoms with Crippen LogP contribution in [0.25, 0.3) is 28.1 Å². The number of nitrogens with zero attached hydrogens (tertiary/aromatic N) is 3. The molecule has 1 aliphatic rings. The van der Waals surface area contributed by atoms with E-state index in [1.807, 2.05) is 54.6 Å². The summed E-state index contributed by atoms with van der Waals surface area (Å²) in [4.78, 5) is 22.8. The maximum absolute atomic E-state index is 13.1. The second kappa shape index (κ2) is 7.76. The van der Waals surface area contributed by atoms with E-state index in [2.05, 4.69) is 15.4 Å². The first-order valence-electron chi connectivity index (χ1n) is 10.8. The Hall–Kier alpha value is -3.71. The molecule has 0 saturated heterocycles. The summed E-state index contributed by atoms with van der Waals surface area (Å²) in [5.74, 6) is 0.656. The number of thiophene rings is 1. The number of amides is 1. The number of carbonyl (C=O) groups excluding carboxylic acids is 1. The molecule has 0 aliphatic heterocycles. The molecule has 2 N–H and O–H groups in total. The van der Waals surface area contributed by atoms with Crippen LogP contribution in [0, 0.1) is 0 Å². The third-order valence-electron chi connectivity index (χ3n) is 5.89. The predicted octanol–water partition coefficient (Wildman–Crippen LogP) is 5.61. The summed E-state index contributed by atoms with van der Waals surface area (Å²) in [5.41, 5.74) is 5.72. The summed E-state index contributed by atoms with van der Waals surface area (Å²) in [6.07, 6.45) is 7.78. The van der Waals surface area contributed by atoms with Crippen LogP contribution in [0.4, 0.5) is 5.00 Å². The average Bonchev–Trinajstić information content (AvgIpc) is 3.55. The van der Waals surface area contributed by atoms with Gasteiger partial charge in [0.1, 0.15) is 10.8 Å². The van der Waals surface area contributed by atoms with Gasteiger partial charge in [-0.3, -0.25) is 4.79 Å². The fourth-order valence-corrected chi connectivity index (χ4v) is 5.60. The molecular formula is C25H21N5OS. The monoisotopic (exact) mass is 439 g/mol. The van der Waals surface area contributed by atoms with Crippen LogP contribution in [0.3, 0.4) is 0 Å². The number of carbonyl (C=O) groups is 1. The van der Waals surface area contributed by atoms with Crippen LogP contribution in [0.15, 0.2) is 67.0 Å². The first kappa shape index (κ1) is 19.0. The van der Waals surface area contributed by atoms with Crippen molar-refractivity contribution in [2.45, 2.75) is 25.7 Å². The van der Waals surface area contributed by atoms with E-state index in [1.165, 1.54) is 16.9 Å². The van der Waals surface area contributed by atoms with Gasteiger partial charge in [0.15, 0.2) is 0 Å². The zero-order valence-corrected chi connectivity index (χ0v) is 18.2. The number of H-pyrrole nitrogens is 1. The Kier molecular flexibility index (Phi) is 4.61. The van der Waals surface area contributed by atoms with E-state index in [1.54, 1.807) is 28.4 Å². The molecule has 1 amide bonds. The minimum atomic E-state index is -0.164. The molecular weight excluding hydrogens is 418 g/mol. The van der Waals surface area contributed by atoms with Gasteiger partial charge in [0.05, 0.1) is 34.0 Å². The van der Waals surface area contributed by atoms with Crippen LogP contribution in [-0.2, 0) is 12.8 Å². The number of para-hydroxylation sites is 3. The maximum Gasteiger partial charge on any atom is 0.259 e. The molecule has 32 heavy (non-hydrogen) atoms. The Morgan fingerprint density at radius 2 is 1.84 bits per heavy atom. The van der Waals surface area contributed by atoms with E-state index >= 15 is 0 Å². The maximum atomic E-state index is 13.1. The summed E-state index contributed by atoms with van der Waals surface area (Å²) in [5, 5.41) is 8.38. The summed E-state index contributed by atoms with van der Waals surface area (Å²) in [6.45, 7) is 0. The van der Waals surface area contributed by atoms with Gasteiger partial charge in [-0.05, 0) is 55.5 Å². The van der Waals surface area contributed by atoms with Crippen molar-refractivity contribution in [3.05, 3.63) is 83.0 Å². The fourth-order valence-electron chi connectivity index (χ4n) is 4.31. The van der Waals surface area contributed by atoms with E-state index in [0.717, 1.165) is 52.4 Å². The van der Waals surface area contributed by atoms with Gasteiger partial charge in [-0.1, -0.05) is 30.3 Å². The lowest BCUT2D eigenvalue weighted by Gasteiger charge is -2.11. The highest BCUT2D eigenvalue weighted by molar-refractivity contribution is 7.17. The quantitative estimate of drug-likeness (QED) is 0.382. The molecule has 6 rings (SSSR count). The lowest BCUT2D eigenvalue weighted by atomic mass is 9.95. The van der Waals surface area contributed by atoms with Crippen LogP contribution in [-0.4, -0.2) is 25.7 Å². The number of fused-ring (bicyclic) bond motifs is 2. The zero-order chi connectivity index (χ0) is 21.5. The Morgan fingerprint density at radius 3 is 2.72 bits per heavy atom. The number of nitrogens with one attached hydrogen (secondary N) is 2. The first-order chi connectivity index (χ1) is 15.8. The Balaban J connectivity index is 1.37. The van der Waals surface area contributed by atoms with Crippen molar-refractivity contribution >= 4 is 33.3 Å². The molecule has 158 valence electrons. The van der Waals surface area contributed by atoms with E-state index in [4.69, 9.17) is 4.98 Å². The molecule has 0 fully saturated rings. The van der Waals surface area contributed by atoms with Crippen molar-refractivity contribution in [3.63, 3.8) is 0 Å². The minimum Gasteiger partial charge on any atom is -0.338 e. The number of rotatable bonds is 4. The predicted molar refractivity (Wildman–Crippen MR) is 128 cm³/mol. The molecule has 3 aromatic heterocycles. The first-order valence-corrected chi connectivity index (χ1v) is 11.6. The molecule has 0 saturated carbocycles. The average molecular weight is 440 g/mol. The molecule has 2 aromatic carbocycles. The van der Waals surface area contributed by atoms with Crippen molar-refractivity contribution in [3.8, 4) is 17.1 Å². The van der Waals surface area contributed by atoms with Crippen LogP contribution in [0.5, 0.6) is 0 Å². The van der Waals surface area contributed by atoms with Crippen LogP contribution in [0.2, 0.25) is 0 Å². The lowest BCUT2D eigenvalue weighted by molar-refractivity contribution is 0.102. The molecule has 5 aromatic rings. The number of anilines is 1. The third kappa shape index (κ3) is 3.31. The van der Waals surface area contributed by atoms with Crippen LogP contribution < -0.4 is 5.32 Å². The summed E-state index contributed by atoms with van der Waals surface area (Å²) < 4.78 is 1.72. The zero-order valence-electron chi connectivity index (χ0n) is 17.3. The van der Waals surface area contributed by atoms with Gasteiger partial charge >= 0.3 is 0 Å². The number of hydrogen-bond acceptors (Lipinski definition) is 4. The fraction of sp³-hybridized carbons (Fsp3) is 0.160. The van der Waals surface area contributed by atoms with Gasteiger partial charge in [-0.15, -0.1) is 11.3 Å². The van der Waals surface area contributed by atoms with Gasteiger partial charge in [-0.2, -0.15) is 5.10 Å². The molecule has 1 aliphatic carbocycles. The summed E-state index contributed by atoms with van der Waals surface area (Å²) in [6, 6.07) is 17.8. The van der Waals surface area contributed by atoms with Crippen molar-refractivity contribution in [2.24, 2.45) is 0 Å². The highest BCUT2D eigenvalue weighted by Crippen LogP contribution is 2.43. The van der Waals surface area contributed by atoms with E-state index in [9.17, 15) is 4.79 Å². The van der Waals surface area contributed by atoms with Crippen LogP contribution in [0.1, 0.15) is 33.6 Å². The second-order valence-corrected chi connectivity index (χ2v) is 9.09. The van der Waals surface area contributed by atoms with Gasteiger partial charge in [0.2, 0.25) is 0 Å². The SMILES string of the molecule is O=C(Nc1sc2c(c1-c1nc3ccccc3[nH]1)CCCC2)c1cnn(-c2ccccc2)c1. The van der Waals surface area contributed by atoms with Crippen molar-refractivity contribution in [2.75, 3.05) is 5.32 Å². The van der Waals surface area contributed by atoms with Gasteiger partial charge in [0, 0.05) is 11.1 Å². The smallest absolute Gasteiger partial charge is 0.259 e. The number of aromatic amines is 1. The number of aromatic nitrogens is 4. The van der Waals surface area contributed by atoms with Crippen molar-refractivity contribution < 1.29 is 4.79 Å². The topological polar surface area (TPSA) is 75.6 Å². The number of imidazole rings is 1. The van der Waals surface area contributed by atoms with Crippen molar-refractivity contribution in [1.82, 2.24) is 19.7 Å². The molecule has 3 heterocycles. The van der Waals surface area contributed by atoms with Crippen LogP contribution >= 0.6 is 11.3 Å². The normalized spacial score (nSPS) is 13.2. The molecule has 7 heteroatoms. The van der Waals surface area contributed by atoms with Crippen molar-refractivity contribution in [1.29, 1.82) is 0 Å². The third-order valence-corrected chi connectivity index (χ3v) is 7.10. The van der Waals surface area contributed by atoms with Gasteiger partial charge < -0.3 is 10.3 Å². The van der Waals surface area contributed by atoms with E-state index in [-0.39, 0.29) is 5.91 Å². The summed E-state index contributed by atoms with van der Waals surface area (Å²) in [7, 11) is 0. The molecule has 6 nitrogen and oxygen atoms in total. The minimum absolute atomic E-state index is 0.164. The molecule has 0 spiro atoms. The highest BCUT2D eigenvalue weighted by Gasteiger charge is 2.25. The number of benzene rings is 2. The standard InChI is InChI=1S/C25H21N5OS/c31-24(16-14-26-30(15-16)17-8-2-1-3-9-17)29-25-22(18-10-4-7-13-21(18)32-25)23-27-19-11-5-6-12-20(19)28-23/h1-3,5-6,8-9,11-12,14-15H,4,7,10,13H2,(H,27,28)(H,29,31). The molecule has 0 atom stereocenters. The summed E-state index contributed by atoms with van der Waals surface area (Å²) >= 11 is 1.67. The molecule has 0 unspecified atom stereocenters. The lowest BCUT2D eigenvalue weighted by Crippen LogP contribution is -2.11. The molecule has 0 radical (unpaired) electrons. The Labute approximate surface area is 188 Å². The Morgan fingerprint density at radius 1 is 1.03 bits per heavy atom. The molecule has 0 bridgehead atoms. The van der Waals surface area contributed by atoms with E-state index < -0.39 is 0 Å². The highest BCUT2D eigenvalue weighted by atomic mass is 32.1.